The minimum Gasteiger partial charge on any atom is -0.393 e. The molecule has 0 bridgehead atoms. The van der Waals surface area contributed by atoms with Crippen LogP contribution in [0.2, 0.25) is 0 Å². The van der Waals surface area contributed by atoms with E-state index in [1.54, 1.807) is 0 Å². The molecule has 0 aromatic rings. The minimum atomic E-state index is -0.239. The van der Waals surface area contributed by atoms with E-state index in [9.17, 15) is 4.79 Å². The number of ether oxygens (including phenoxy) is 1. The molecule has 2 fully saturated rings. The zero-order valence-electron chi connectivity index (χ0n) is 10.2. The van der Waals surface area contributed by atoms with E-state index in [1.807, 2.05) is 11.8 Å². The van der Waals surface area contributed by atoms with Gasteiger partial charge in [0.05, 0.1) is 11.1 Å². The Bertz CT molecular complexity index is 318. The Labute approximate surface area is 107 Å². The Morgan fingerprint density at radius 1 is 1.41 bits per heavy atom. The molecule has 0 aromatic carbocycles. The average molecular weight is 256 g/mol. The number of carbonyl (C=O) groups is 1. The van der Waals surface area contributed by atoms with Crippen LogP contribution in [0.15, 0.2) is 0 Å². The smallest absolute Gasteiger partial charge is 0.251 e. The molecule has 1 saturated heterocycles. The molecule has 5 heteroatoms. The Morgan fingerprint density at radius 3 is 2.59 bits per heavy atom. The molecule has 0 radical (unpaired) electrons. The monoisotopic (exact) mass is 256 g/mol. The molecular formula is C12H20N2O2S. The maximum absolute atomic E-state index is 12.3. The molecule has 1 aliphatic heterocycles. The lowest BCUT2D eigenvalue weighted by Crippen LogP contribution is -2.42. The molecule has 4 nitrogen and oxygen atoms in total. The predicted octanol–water partition coefficient (Wildman–Crippen LogP) is 1.22. The van der Waals surface area contributed by atoms with Gasteiger partial charge in [0.25, 0.3) is 5.91 Å². The summed E-state index contributed by atoms with van der Waals surface area (Å²) in [6, 6.07) is 0.399. The largest absolute Gasteiger partial charge is 0.393 e. The second kappa shape index (κ2) is 5.31. The van der Waals surface area contributed by atoms with Crippen LogP contribution in [0.25, 0.3) is 0 Å². The number of amides is 1. The normalized spacial score (nSPS) is 28.1. The maximum Gasteiger partial charge on any atom is 0.251 e. The molecule has 1 aliphatic carbocycles. The van der Waals surface area contributed by atoms with Gasteiger partial charge in [-0.3, -0.25) is 4.79 Å². The standard InChI is InChI=1S/C12H20N2O2S/c1-8-2-5-10(16-8)12(15)14(9-3-4-9)7-6-11(13)17/h8-10H,2-7H2,1H3,(H2,13,17). The number of thiocarbonyl (C=S) groups is 1. The van der Waals surface area contributed by atoms with Crippen LogP contribution in [0.5, 0.6) is 0 Å². The second-order valence-corrected chi connectivity index (χ2v) is 5.52. The number of nitrogens with two attached hydrogens (primary N) is 1. The Kier molecular flexibility index (Phi) is 3.99. The fourth-order valence-corrected chi connectivity index (χ4v) is 2.35. The Balaban J connectivity index is 1.90. The zero-order chi connectivity index (χ0) is 12.4. The molecule has 2 rings (SSSR count). The van der Waals surface area contributed by atoms with E-state index < -0.39 is 0 Å². The van der Waals surface area contributed by atoms with E-state index in [0.29, 0.717) is 24.0 Å². The van der Waals surface area contributed by atoms with Gasteiger partial charge in [-0.05, 0) is 32.6 Å². The molecule has 2 atom stereocenters. The average Bonchev–Trinajstić information content (AvgIpc) is 3.00. The molecule has 0 spiro atoms. The summed E-state index contributed by atoms with van der Waals surface area (Å²) >= 11 is 4.87. The third kappa shape index (κ3) is 3.39. The van der Waals surface area contributed by atoms with Gasteiger partial charge in [-0.1, -0.05) is 12.2 Å². The highest BCUT2D eigenvalue weighted by Gasteiger charge is 2.38. The first kappa shape index (κ1) is 12.8. The van der Waals surface area contributed by atoms with Crippen LogP contribution >= 0.6 is 12.2 Å². The summed E-state index contributed by atoms with van der Waals surface area (Å²) in [5, 5.41) is 0. The first-order valence-corrected chi connectivity index (χ1v) is 6.73. The van der Waals surface area contributed by atoms with Crippen LogP contribution < -0.4 is 5.73 Å². The van der Waals surface area contributed by atoms with E-state index in [4.69, 9.17) is 22.7 Å². The summed E-state index contributed by atoms with van der Waals surface area (Å²) in [6.07, 6.45) is 4.61. The molecule has 1 amide bonds. The molecule has 2 unspecified atom stereocenters. The van der Waals surface area contributed by atoms with Crippen LogP contribution in [0.4, 0.5) is 0 Å². The predicted molar refractivity (Wildman–Crippen MR) is 69.7 cm³/mol. The number of hydrogen-bond donors (Lipinski definition) is 1. The molecule has 17 heavy (non-hydrogen) atoms. The highest BCUT2D eigenvalue weighted by atomic mass is 32.1. The van der Waals surface area contributed by atoms with Crippen molar-refractivity contribution in [2.24, 2.45) is 5.73 Å². The number of carbonyl (C=O) groups excluding carboxylic acids is 1. The van der Waals surface area contributed by atoms with E-state index in [-0.39, 0.29) is 18.1 Å². The summed E-state index contributed by atoms with van der Waals surface area (Å²) in [5.41, 5.74) is 5.50. The van der Waals surface area contributed by atoms with Crippen molar-refractivity contribution in [3.63, 3.8) is 0 Å². The highest BCUT2D eigenvalue weighted by Crippen LogP contribution is 2.30. The molecule has 2 aliphatic rings. The molecule has 1 saturated carbocycles. The van der Waals surface area contributed by atoms with Crippen LogP contribution in [0, 0.1) is 0 Å². The Morgan fingerprint density at radius 2 is 2.12 bits per heavy atom. The van der Waals surface area contributed by atoms with E-state index in [1.165, 1.54) is 0 Å². The summed E-state index contributed by atoms with van der Waals surface area (Å²) in [6.45, 7) is 2.66. The summed E-state index contributed by atoms with van der Waals surface area (Å²) < 4.78 is 5.63. The van der Waals surface area contributed by atoms with Crippen molar-refractivity contribution in [2.45, 2.75) is 57.3 Å². The lowest BCUT2D eigenvalue weighted by atomic mass is 10.2. The van der Waals surface area contributed by atoms with E-state index in [2.05, 4.69) is 0 Å². The zero-order valence-corrected chi connectivity index (χ0v) is 11.0. The van der Waals surface area contributed by atoms with Crippen LogP contribution in [0.1, 0.15) is 39.0 Å². The third-order valence-electron chi connectivity index (χ3n) is 3.38. The van der Waals surface area contributed by atoms with Crippen molar-refractivity contribution in [3.8, 4) is 0 Å². The number of rotatable bonds is 5. The fourth-order valence-electron chi connectivity index (χ4n) is 2.26. The van der Waals surface area contributed by atoms with Gasteiger partial charge >= 0.3 is 0 Å². The fraction of sp³-hybridized carbons (Fsp3) is 0.833. The van der Waals surface area contributed by atoms with Gasteiger partial charge in [0.1, 0.15) is 6.10 Å². The van der Waals surface area contributed by atoms with Crippen molar-refractivity contribution in [3.05, 3.63) is 0 Å². The van der Waals surface area contributed by atoms with Crippen LogP contribution in [-0.4, -0.2) is 40.6 Å². The van der Waals surface area contributed by atoms with Gasteiger partial charge in [0.15, 0.2) is 0 Å². The van der Waals surface area contributed by atoms with Crippen molar-refractivity contribution in [2.75, 3.05) is 6.54 Å². The second-order valence-electron chi connectivity index (χ2n) is 4.99. The van der Waals surface area contributed by atoms with Crippen molar-refractivity contribution >= 4 is 23.1 Å². The molecule has 2 N–H and O–H groups in total. The van der Waals surface area contributed by atoms with Gasteiger partial charge in [0.2, 0.25) is 0 Å². The van der Waals surface area contributed by atoms with Gasteiger partial charge in [-0.2, -0.15) is 0 Å². The van der Waals surface area contributed by atoms with Gasteiger partial charge in [0, 0.05) is 19.0 Å². The summed E-state index contributed by atoms with van der Waals surface area (Å²) in [7, 11) is 0. The molecule has 96 valence electrons. The highest BCUT2D eigenvalue weighted by molar-refractivity contribution is 7.80. The number of nitrogens with zero attached hydrogens (tertiary/aromatic N) is 1. The summed E-state index contributed by atoms with van der Waals surface area (Å²) in [5.74, 6) is 0.133. The van der Waals surface area contributed by atoms with Gasteiger partial charge < -0.3 is 15.4 Å². The molecule has 0 aromatic heterocycles. The first-order chi connectivity index (χ1) is 8.08. The van der Waals surface area contributed by atoms with E-state index >= 15 is 0 Å². The topological polar surface area (TPSA) is 55.6 Å². The SMILES string of the molecule is CC1CCC(C(=O)N(CCC(N)=S)C2CC2)O1. The minimum absolute atomic E-state index is 0.133. The first-order valence-electron chi connectivity index (χ1n) is 6.32. The lowest BCUT2D eigenvalue weighted by Gasteiger charge is -2.25. The van der Waals surface area contributed by atoms with Crippen molar-refractivity contribution in [1.82, 2.24) is 4.90 Å². The van der Waals surface area contributed by atoms with Gasteiger partial charge in [-0.25, -0.2) is 0 Å². The van der Waals surface area contributed by atoms with E-state index in [0.717, 1.165) is 25.7 Å². The third-order valence-corrected chi connectivity index (χ3v) is 3.58. The van der Waals surface area contributed by atoms with Crippen molar-refractivity contribution < 1.29 is 9.53 Å². The van der Waals surface area contributed by atoms with Crippen LogP contribution in [-0.2, 0) is 9.53 Å². The Hall–Kier alpha value is -0.680. The number of hydrogen-bond acceptors (Lipinski definition) is 3. The van der Waals surface area contributed by atoms with Gasteiger partial charge in [-0.15, -0.1) is 0 Å². The van der Waals surface area contributed by atoms with Crippen LogP contribution in [0.3, 0.4) is 0 Å². The maximum atomic E-state index is 12.3. The van der Waals surface area contributed by atoms with Crippen molar-refractivity contribution in [1.29, 1.82) is 0 Å². The summed E-state index contributed by atoms with van der Waals surface area (Å²) in [4.78, 5) is 14.7. The molecule has 1 heterocycles. The molecular weight excluding hydrogens is 236 g/mol. The lowest BCUT2D eigenvalue weighted by molar-refractivity contribution is -0.143. The quantitative estimate of drug-likeness (QED) is 0.752.